The van der Waals surface area contributed by atoms with Crippen LogP contribution in [0.3, 0.4) is 0 Å². The third-order valence-corrected chi connectivity index (χ3v) is 3.13. The zero-order valence-electron chi connectivity index (χ0n) is 10.9. The number of nitrogens with one attached hydrogen (secondary N) is 2. The summed E-state index contributed by atoms with van der Waals surface area (Å²) in [6, 6.07) is 0. The molecule has 18 heavy (non-hydrogen) atoms. The minimum absolute atomic E-state index is 0. The molecule has 0 bridgehead atoms. The third-order valence-electron chi connectivity index (χ3n) is 3.13. The molecule has 0 saturated carbocycles. The molecule has 1 unspecified atom stereocenters. The topological polar surface area (TPSA) is 64.1 Å². The fourth-order valence-corrected chi connectivity index (χ4v) is 2.15. The summed E-state index contributed by atoms with van der Waals surface area (Å²) >= 11 is 0. The fraction of sp³-hybridized carbons (Fsp3) is 0.909. The maximum atomic E-state index is 5.98. The summed E-state index contributed by atoms with van der Waals surface area (Å²) in [6.07, 6.45) is 1.73. The number of rotatable bonds is 2. The minimum Gasteiger partial charge on any atom is -0.381 e. The molecule has 0 radical (unpaired) electrons. The minimum atomic E-state index is -0.395. The molecule has 0 aliphatic carbocycles. The van der Waals surface area contributed by atoms with Gasteiger partial charge < -0.3 is 24.8 Å². The van der Waals surface area contributed by atoms with Gasteiger partial charge >= 0.3 is 0 Å². The third kappa shape index (κ3) is 3.94. The number of hydrogen-bond acceptors (Lipinski definition) is 4. The first kappa shape index (κ1) is 15.9. The van der Waals surface area contributed by atoms with Crippen LogP contribution in [0.15, 0.2) is 4.99 Å². The maximum absolute atomic E-state index is 5.98. The smallest absolute Gasteiger partial charge is 0.190 e. The van der Waals surface area contributed by atoms with Crippen LogP contribution in [0.1, 0.15) is 12.8 Å². The molecule has 2 saturated heterocycles. The molecule has 2 fully saturated rings. The SMILES string of the molecule is CN=C(NC)NCC1COC2(CCOCC2)O1.I. The van der Waals surface area contributed by atoms with E-state index in [1.54, 1.807) is 7.05 Å². The largest absolute Gasteiger partial charge is 0.381 e. The normalized spacial score (nSPS) is 26.8. The molecule has 1 atom stereocenters. The Morgan fingerprint density at radius 2 is 2.11 bits per heavy atom. The van der Waals surface area contributed by atoms with Crippen molar-refractivity contribution in [1.29, 1.82) is 0 Å². The van der Waals surface area contributed by atoms with E-state index in [0.29, 0.717) is 13.2 Å². The lowest BCUT2D eigenvalue weighted by molar-refractivity contribution is -0.210. The molecule has 2 heterocycles. The Morgan fingerprint density at radius 3 is 2.72 bits per heavy atom. The summed E-state index contributed by atoms with van der Waals surface area (Å²) in [5, 5.41) is 6.15. The second-order valence-corrected chi connectivity index (χ2v) is 4.28. The van der Waals surface area contributed by atoms with Crippen molar-refractivity contribution >= 4 is 29.9 Å². The molecule has 0 aromatic rings. The van der Waals surface area contributed by atoms with Crippen molar-refractivity contribution in [3.63, 3.8) is 0 Å². The monoisotopic (exact) mass is 371 g/mol. The Hall–Kier alpha value is -0.120. The van der Waals surface area contributed by atoms with Crippen LogP contribution in [0.4, 0.5) is 0 Å². The van der Waals surface area contributed by atoms with Gasteiger partial charge in [-0.05, 0) is 0 Å². The second-order valence-electron chi connectivity index (χ2n) is 4.28. The number of guanidine groups is 1. The highest BCUT2D eigenvalue weighted by atomic mass is 127. The van der Waals surface area contributed by atoms with Crippen molar-refractivity contribution in [3.05, 3.63) is 0 Å². The van der Waals surface area contributed by atoms with E-state index >= 15 is 0 Å². The number of nitrogens with zero attached hydrogens (tertiary/aromatic N) is 1. The zero-order valence-corrected chi connectivity index (χ0v) is 13.2. The molecule has 0 aromatic heterocycles. The lowest BCUT2D eigenvalue weighted by Gasteiger charge is -2.31. The van der Waals surface area contributed by atoms with Gasteiger partial charge in [0.2, 0.25) is 0 Å². The van der Waals surface area contributed by atoms with Crippen molar-refractivity contribution in [2.24, 2.45) is 4.99 Å². The number of aliphatic imine (C=N–C) groups is 1. The van der Waals surface area contributed by atoms with E-state index in [4.69, 9.17) is 14.2 Å². The number of ether oxygens (including phenoxy) is 3. The van der Waals surface area contributed by atoms with Gasteiger partial charge in [0, 0.05) is 33.5 Å². The van der Waals surface area contributed by atoms with Gasteiger partial charge in [-0.2, -0.15) is 0 Å². The van der Waals surface area contributed by atoms with Crippen molar-refractivity contribution in [1.82, 2.24) is 10.6 Å². The first-order chi connectivity index (χ1) is 8.28. The van der Waals surface area contributed by atoms with Crippen LogP contribution in [0, 0.1) is 0 Å². The average Bonchev–Trinajstić information content (AvgIpc) is 2.75. The quantitative estimate of drug-likeness (QED) is 0.416. The van der Waals surface area contributed by atoms with Gasteiger partial charge in [0.25, 0.3) is 0 Å². The van der Waals surface area contributed by atoms with Crippen molar-refractivity contribution < 1.29 is 14.2 Å². The molecule has 2 N–H and O–H groups in total. The van der Waals surface area contributed by atoms with Gasteiger partial charge in [-0.25, -0.2) is 0 Å². The summed E-state index contributed by atoms with van der Waals surface area (Å²) in [4.78, 5) is 4.05. The van der Waals surface area contributed by atoms with Crippen LogP contribution in [-0.4, -0.2) is 58.3 Å². The summed E-state index contributed by atoms with van der Waals surface area (Å²) in [7, 11) is 3.58. The molecular weight excluding hydrogens is 349 g/mol. The highest BCUT2D eigenvalue weighted by molar-refractivity contribution is 14.0. The Kier molecular flexibility index (Phi) is 6.61. The van der Waals surface area contributed by atoms with Crippen LogP contribution in [0.5, 0.6) is 0 Å². The summed E-state index contributed by atoms with van der Waals surface area (Å²) < 4.78 is 17.1. The molecule has 2 aliphatic rings. The predicted molar refractivity (Wildman–Crippen MR) is 79.4 cm³/mol. The van der Waals surface area contributed by atoms with Gasteiger partial charge in [-0.3, -0.25) is 4.99 Å². The molecular formula is C11H22IN3O3. The Morgan fingerprint density at radius 1 is 1.39 bits per heavy atom. The molecule has 2 rings (SSSR count). The van der Waals surface area contributed by atoms with E-state index in [1.807, 2.05) is 7.05 Å². The average molecular weight is 371 g/mol. The standard InChI is InChI=1S/C11H21N3O3.HI/c1-12-10(13-2)14-7-9-8-16-11(17-9)3-5-15-6-4-11;/h9H,3-8H2,1-2H3,(H2,12,13,14);1H. The van der Waals surface area contributed by atoms with Gasteiger partial charge in [0.15, 0.2) is 11.7 Å². The van der Waals surface area contributed by atoms with Gasteiger partial charge in [-0.1, -0.05) is 0 Å². The molecule has 0 amide bonds. The first-order valence-electron chi connectivity index (χ1n) is 6.06. The van der Waals surface area contributed by atoms with Gasteiger partial charge in [0.1, 0.15) is 6.10 Å². The van der Waals surface area contributed by atoms with Crippen LogP contribution >= 0.6 is 24.0 Å². The second kappa shape index (κ2) is 7.46. The lowest BCUT2D eigenvalue weighted by Crippen LogP contribution is -2.42. The van der Waals surface area contributed by atoms with Crippen LogP contribution in [0.2, 0.25) is 0 Å². The molecule has 1 spiro atoms. The summed E-state index contributed by atoms with van der Waals surface area (Å²) in [5.41, 5.74) is 0. The van der Waals surface area contributed by atoms with Crippen molar-refractivity contribution in [3.8, 4) is 0 Å². The Bertz CT molecular complexity index is 283. The maximum Gasteiger partial charge on any atom is 0.190 e. The first-order valence-corrected chi connectivity index (χ1v) is 6.06. The molecule has 2 aliphatic heterocycles. The van der Waals surface area contributed by atoms with E-state index in [1.165, 1.54) is 0 Å². The van der Waals surface area contributed by atoms with Crippen LogP contribution in [-0.2, 0) is 14.2 Å². The molecule has 0 aromatic carbocycles. The van der Waals surface area contributed by atoms with E-state index in [-0.39, 0.29) is 30.1 Å². The number of halogens is 1. The lowest BCUT2D eigenvalue weighted by atomic mass is 10.1. The van der Waals surface area contributed by atoms with Crippen molar-refractivity contribution in [2.45, 2.75) is 24.7 Å². The van der Waals surface area contributed by atoms with E-state index in [0.717, 1.165) is 32.0 Å². The number of hydrogen-bond donors (Lipinski definition) is 2. The molecule has 7 heteroatoms. The fourth-order valence-electron chi connectivity index (χ4n) is 2.15. The summed E-state index contributed by atoms with van der Waals surface area (Å²) in [6.45, 7) is 2.78. The highest BCUT2D eigenvalue weighted by Gasteiger charge is 2.42. The van der Waals surface area contributed by atoms with Gasteiger partial charge in [0.05, 0.1) is 19.8 Å². The van der Waals surface area contributed by atoms with E-state index in [2.05, 4.69) is 15.6 Å². The molecule has 6 nitrogen and oxygen atoms in total. The van der Waals surface area contributed by atoms with Crippen LogP contribution in [0.25, 0.3) is 0 Å². The van der Waals surface area contributed by atoms with E-state index < -0.39 is 5.79 Å². The zero-order chi connectivity index (χ0) is 12.1. The Labute approximate surface area is 125 Å². The predicted octanol–water partition coefficient (Wildman–Crippen LogP) is 0.321. The van der Waals surface area contributed by atoms with Gasteiger partial charge in [-0.15, -0.1) is 24.0 Å². The highest BCUT2D eigenvalue weighted by Crippen LogP contribution is 2.32. The van der Waals surface area contributed by atoms with Crippen LogP contribution < -0.4 is 10.6 Å². The summed E-state index contributed by atoms with van der Waals surface area (Å²) in [5.74, 6) is 0.370. The Balaban J connectivity index is 0.00000162. The van der Waals surface area contributed by atoms with Crippen molar-refractivity contribution in [2.75, 3.05) is 40.5 Å². The molecule has 106 valence electrons. The van der Waals surface area contributed by atoms with E-state index in [9.17, 15) is 0 Å².